The maximum atomic E-state index is 13.3. The summed E-state index contributed by atoms with van der Waals surface area (Å²) >= 11 is 1.33. The summed E-state index contributed by atoms with van der Waals surface area (Å²) in [5.74, 6) is -1.52. The smallest absolute Gasteiger partial charge is 0.341 e. The van der Waals surface area contributed by atoms with Crippen LogP contribution in [-0.2, 0) is 32.5 Å². The predicted molar refractivity (Wildman–Crippen MR) is 122 cm³/mol. The molecule has 1 aromatic carbocycles. The highest BCUT2D eigenvalue weighted by atomic mass is 32.2. The number of benzene rings is 1. The van der Waals surface area contributed by atoms with Gasteiger partial charge in [-0.05, 0) is 63.1 Å². The van der Waals surface area contributed by atoms with E-state index in [2.05, 4.69) is 10.2 Å². The summed E-state index contributed by atoms with van der Waals surface area (Å²) < 4.78 is 45.9. The van der Waals surface area contributed by atoms with Crippen molar-refractivity contribution in [3.8, 4) is 0 Å². The zero-order valence-corrected chi connectivity index (χ0v) is 20.1. The Bertz CT molecular complexity index is 1160. The molecule has 0 aliphatic carbocycles. The van der Waals surface area contributed by atoms with Gasteiger partial charge in [0.05, 0.1) is 17.1 Å². The van der Waals surface area contributed by atoms with Crippen molar-refractivity contribution in [2.24, 2.45) is 0 Å². The molecule has 2 aliphatic heterocycles. The zero-order chi connectivity index (χ0) is 23.8. The van der Waals surface area contributed by atoms with Gasteiger partial charge in [-0.1, -0.05) is 0 Å². The Kier molecular flexibility index (Phi) is 6.85. The maximum Gasteiger partial charge on any atom is 0.341 e. The van der Waals surface area contributed by atoms with Crippen molar-refractivity contribution in [3.05, 3.63) is 46.1 Å². The maximum absolute atomic E-state index is 13.3. The predicted octanol–water partition coefficient (Wildman–Crippen LogP) is 2.84. The average Bonchev–Trinajstić information content (AvgIpc) is 3.39. The Morgan fingerprint density at radius 3 is 2.67 bits per heavy atom. The van der Waals surface area contributed by atoms with Crippen molar-refractivity contribution < 1.29 is 27.1 Å². The fourth-order valence-corrected chi connectivity index (χ4v) is 7.24. The largest absolute Gasteiger partial charge is 0.462 e. The van der Waals surface area contributed by atoms with E-state index in [0.29, 0.717) is 36.4 Å². The molecule has 1 saturated heterocycles. The second kappa shape index (κ2) is 9.49. The second-order valence-electron chi connectivity index (χ2n) is 8.13. The number of likely N-dealkylation sites (N-methyl/N-ethyl adjacent to an activating group) is 1. The summed E-state index contributed by atoms with van der Waals surface area (Å²) in [6, 6.07) is 3.63. The standard InChI is InChI=1S/C22H26FN3O5S2/c1-3-31-22(28)19-16-10-12-25(2)13-18(16)32-21(19)24-20(27)17-5-4-11-26(17)33(29,30)15-8-6-14(23)7-9-15/h6-9,17H,3-5,10-13H2,1-2H3,(H,24,27). The molecule has 178 valence electrons. The third kappa shape index (κ3) is 4.68. The molecule has 1 atom stereocenters. The number of carbonyl (C=O) groups is 2. The van der Waals surface area contributed by atoms with Gasteiger partial charge in [-0.2, -0.15) is 4.31 Å². The van der Waals surface area contributed by atoms with Crippen LogP contribution in [0.15, 0.2) is 29.2 Å². The number of anilines is 1. The molecule has 33 heavy (non-hydrogen) atoms. The quantitative estimate of drug-likeness (QED) is 0.619. The van der Waals surface area contributed by atoms with E-state index in [9.17, 15) is 22.4 Å². The number of amides is 1. The Hall–Kier alpha value is -2.34. The zero-order valence-electron chi connectivity index (χ0n) is 18.5. The van der Waals surface area contributed by atoms with Crippen LogP contribution in [0, 0.1) is 5.82 Å². The monoisotopic (exact) mass is 495 g/mol. The molecule has 11 heteroatoms. The molecule has 2 aromatic rings. The number of sulfonamides is 1. The Morgan fingerprint density at radius 1 is 1.24 bits per heavy atom. The molecular formula is C22H26FN3O5S2. The summed E-state index contributed by atoms with van der Waals surface area (Å²) in [5, 5.41) is 3.21. The van der Waals surface area contributed by atoms with E-state index in [4.69, 9.17) is 4.74 Å². The molecule has 1 N–H and O–H groups in total. The van der Waals surface area contributed by atoms with Gasteiger partial charge in [-0.15, -0.1) is 11.3 Å². The fraction of sp³-hybridized carbons (Fsp3) is 0.455. The lowest BCUT2D eigenvalue weighted by Gasteiger charge is -2.23. The van der Waals surface area contributed by atoms with E-state index in [0.717, 1.165) is 33.4 Å². The highest BCUT2D eigenvalue weighted by molar-refractivity contribution is 7.89. The molecule has 2 aliphatic rings. The summed E-state index contributed by atoms with van der Waals surface area (Å²) in [5.41, 5.74) is 1.25. The number of nitrogens with one attached hydrogen (secondary N) is 1. The van der Waals surface area contributed by atoms with Crippen molar-refractivity contribution in [1.29, 1.82) is 0 Å². The number of rotatable bonds is 6. The number of esters is 1. The fourth-order valence-electron chi connectivity index (χ4n) is 4.27. The summed E-state index contributed by atoms with van der Waals surface area (Å²) in [6.07, 6.45) is 1.55. The first-order valence-electron chi connectivity index (χ1n) is 10.8. The molecular weight excluding hydrogens is 469 g/mol. The van der Waals surface area contributed by atoms with Crippen molar-refractivity contribution in [2.75, 3.05) is 32.1 Å². The molecule has 1 aromatic heterocycles. The minimum absolute atomic E-state index is 0.0644. The van der Waals surface area contributed by atoms with Crippen molar-refractivity contribution in [2.45, 2.75) is 43.7 Å². The van der Waals surface area contributed by atoms with Crippen molar-refractivity contribution >= 4 is 38.2 Å². The first-order valence-corrected chi connectivity index (χ1v) is 13.1. The average molecular weight is 496 g/mol. The van der Waals surface area contributed by atoms with Crippen LogP contribution in [0.3, 0.4) is 0 Å². The summed E-state index contributed by atoms with van der Waals surface area (Å²) in [7, 11) is -1.99. The number of carbonyl (C=O) groups excluding carboxylic acids is 2. The first-order chi connectivity index (χ1) is 15.7. The van der Waals surface area contributed by atoms with Gasteiger partial charge in [0, 0.05) is 24.5 Å². The topological polar surface area (TPSA) is 96.0 Å². The van der Waals surface area contributed by atoms with Gasteiger partial charge in [0.2, 0.25) is 15.9 Å². The number of hydrogen-bond donors (Lipinski definition) is 1. The Morgan fingerprint density at radius 2 is 1.97 bits per heavy atom. The number of ether oxygens (including phenoxy) is 1. The van der Waals surface area contributed by atoms with Crippen LogP contribution >= 0.6 is 11.3 Å². The van der Waals surface area contributed by atoms with Crippen LogP contribution in [0.25, 0.3) is 0 Å². The Labute approximate surface area is 196 Å². The lowest BCUT2D eigenvalue weighted by Crippen LogP contribution is -2.43. The van der Waals surface area contributed by atoms with Gasteiger partial charge in [-0.25, -0.2) is 17.6 Å². The molecule has 0 saturated carbocycles. The molecule has 1 unspecified atom stereocenters. The van der Waals surface area contributed by atoms with Gasteiger partial charge < -0.3 is 15.0 Å². The van der Waals surface area contributed by atoms with Crippen molar-refractivity contribution in [3.63, 3.8) is 0 Å². The van der Waals surface area contributed by atoms with Gasteiger partial charge in [0.15, 0.2) is 0 Å². The van der Waals surface area contributed by atoms with Gasteiger partial charge >= 0.3 is 5.97 Å². The Balaban J connectivity index is 1.61. The molecule has 0 spiro atoms. The first kappa shape index (κ1) is 23.8. The molecule has 0 bridgehead atoms. The van der Waals surface area contributed by atoms with E-state index in [1.807, 2.05) is 7.05 Å². The number of halogens is 1. The number of nitrogens with zero attached hydrogens (tertiary/aromatic N) is 2. The number of hydrogen-bond acceptors (Lipinski definition) is 7. The molecule has 8 nitrogen and oxygen atoms in total. The van der Waals surface area contributed by atoms with Gasteiger partial charge in [0.1, 0.15) is 16.9 Å². The normalized spacial score (nSPS) is 19.3. The summed E-state index contributed by atoms with van der Waals surface area (Å²) in [6.45, 7) is 3.57. The lowest BCUT2D eigenvalue weighted by atomic mass is 10.0. The van der Waals surface area contributed by atoms with Crippen LogP contribution in [0.1, 0.15) is 40.6 Å². The number of fused-ring (bicyclic) bond motifs is 1. The van der Waals surface area contributed by atoms with Gasteiger partial charge in [-0.3, -0.25) is 4.79 Å². The minimum Gasteiger partial charge on any atom is -0.462 e. The van der Waals surface area contributed by atoms with Crippen LogP contribution in [0.5, 0.6) is 0 Å². The molecule has 1 amide bonds. The molecule has 4 rings (SSSR count). The lowest BCUT2D eigenvalue weighted by molar-refractivity contribution is -0.119. The number of thiophene rings is 1. The van der Waals surface area contributed by atoms with E-state index >= 15 is 0 Å². The third-order valence-electron chi connectivity index (χ3n) is 5.89. The third-order valence-corrected chi connectivity index (χ3v) is 8.95. The highest BCUT2D eigenvalue weighted by Gasteiger charge is 2.40. The molecule has 0 radical (unpaired) electrons. The van der Waals surface area contributed by atoms with Gasteiger partial charge in [0.25, 0.3) is 0 Å². The summed E-state index contributed by atoms with van der Waals surface area (Å²) in [4.78, 5) is 29.0. The van der Waals surface area contributed by atoms with Crippen LogP contribution in [0.4, 0.5) is 9.39 Å². The van der Waals surface area contributed by atoms with Crippen molar-refractivity contribution in [1.82, 2.24) is 9.21 Å². The van der Waals surface area contributed by atoms with E-state index in [-0.39, 0.29) is 18.0 Å². The van der Waals surface area contributed by atoms with E-state index in [1.54, 1.807) is 6.92 Å². The SMILES string of the molecule is CCOC(=O)c1c(NC(=O)C2CCCN2S(=O)(=O)c2ccc(F)cc2)sc2c1CCN(C)C2. The molecule has 3 heterocycles. The van der Waals surface area contributed by atoms with Crippen LogP contribution in [-0.4, -0.2) is 62.3 Å². The van der Waals surface area contributed by atoms with Crippen LogP contribution in [0.2, 0.25) is 0 Å². The van der Waals surface area contributed by atoms with Crippen LogP contribution < -0.4 is 5.32 Å². The highest BCUT2D eigenvalue weighted by Crippen LogP contribution is 2.38. The van der Waals surface area contributed by atoms with E-state index < -0.39 is 33.8 Å². The van der Waals surface area contributed by atoms with E-state index in [1.165, 1.54) is 23.5 Å². The minimum atomic E-state index is -3.98. The second-order valence-corrected chi connectivity index (χ2v) is 11.1. The molecule has 1 fully saturated rings.